The summed E-state index contributed by atoms with van der Waals surface area (Å²) in [6.07, 6.45) is 2.79. The number of carbonyl (C=O) groups is 1. The first-order chi connectivity index (χ1) is 13.0. The highest BCUT2D eigenvalue weighted by atomic mass is 32.1. The van der Waals surface area contributed by atoms with Crippen molar-refractivity contribution in [3.8, 4) is 0 Å². The highest BCUT2D eigenvalue weighted by Crippen LogP contribution is 2.33. The zero-order valence-corrected chi connectivity index (χ0v) is 16.3. The van der Waals surface area contributed by atoms with Crippen molar-refractivity contribution in [1.29, 1.82) is 0 Å². The van der Waals surface area contributed by atoms with E-state index in [9.17, 15) is 9.18 Å². The molecule has 2 aliphatic heterocycles. The summed E-state index contributed by atoms with van der Waals surface area (Å²) in [4.78, 5) is 22.2. The number of hydrogen-bond acceptors (Lipinski definition) is 5. The second-order valence-corrected chi connectivity index (χ2v) is 8.36. The lowest BCUT2D eigenvalue weighted by Crippen LogP contribution is -2.55. The van der Waals surface area contributed by atoms with Crippen LogP contribution in [-0.4, -0.2) is 47.6 Å². The molecule has 0 bridgehead atoms. The van der Waals surface area contributed by atoms with Gasteiger partial charge >= 0.3 is 0 Å². The van der Waals surface area contributed by atoms with Crippen molar-refractivity contribution in [2.45, 2.75) is 38.3 Å². The molecule has 2 aliphatic rings. The third kappa shape index (κ3) is 4.05. The van der Waals surface area contributed by atoms with Crippen LogP contribution in [-0.2, 0) is 16.1 Å². The van der Waals surface area contributed by atoms with Gasteiger partial charge in [-0.1, -0.05) is 6.07 Å². The second-order valence-electron chi connectivity index (χ2n) is 7.42. The van der Waals surface area contributed by atoms with E-state index in [1.54, 1.807) is 28.4 Å². The van der Waals surface area contributed by atoms with Crippen LogP contribution < -0.4 is 4.90 Å². The molecule has 1 atom stereocenters. The maximum atomic E-state index is 13.6. The Kier molecular flexibility index (Phi) is 5.25. The number of ether oxygens (including phenoxy) is 1. The summed E-state index contributed by atoms with van der Waals surface area (Å²) < 4.78 is 19.7. The molecule has 144 valence electrons. The lowest BCUT2D eigenvalue weighted by atomic mass is 9.92. The van der Waals surface area contributed by atoms with Crippen LogP contribution in [0, 0.1) is 12.7 Å². The van der Waals surface area contributed by atoms with Gasteiger partial charge in [0.25, 0.3) is 5.91 Å². The molecule has 2 fully saturated rings. The summed E-state index contributed by atoms with van der Waals surface area (Å²) in [5, 5.41) is 0. The van der Waals surface area contributed by atoms with Gasteiger partial charge in [0.1, 0.15) is 12.4 Å². The van der Waals surface area contributed by atoms with Crippen LogP contribution in [0.5, 0.6) is 0 Å². The van der Waals surface area contributed by atoms with Crippen LogP contribution in [0.25, 0.3) is 0 Å². The van der Waals surface area contributed by atoms with Gasteiger partial charge in [0.05, 0.1) is 23.4 Å². The fourth-order valence-corrected chi connectivity index (χ4v) is 4.78. The Morgan fingerprint density at radius 1 is 1.33 bits per heavy atom. The molecule has 27 heavy (non-hydrogen) atoms. The first kappa shape index (κ1) is 18.5. The Labute approximate surface area is 162 Å². The SMILES string of the molecule is Cc1ncsc1CN1CCCC2(CC1)CN(c1cccc(F)c1)C(=O)CO2. The first-order valence-corrected chi connectivity index (χ1v) is 10.2. The predicted octanol–water partition coefficient (Wildman–Crippen LogP) is 3.38. The highest BCUT2D eigenvalue weighted by Gasteiger charge is 2.41. The van der Waals surface area contributed by atoms with E-state index >= 15 is 0 Å². The van der Waals surface area contributed by atoms with Crippen molar-refractivity contribution in [2.24, 2.45) is 0 Å². The number of amides is 1. The molecule has 0 radical (unpaired) electrons. The van der Waals surface area contributed by atoms with Crippen molar-refractivity contribution in [1.82, 2.24) is 9.88 Å². The molecular weight excluding hydrogens is 365 g/mol. The van der Waals surface area contributed by atoms with Crippen molar-refractivity contribution in [3.63, 3.8) is 0 Å². The average molecular weight is 389 g/mol. The largest absolute Gasteiger partial charge is 0.363 e. The number of morpholine rings is 1. The molecule has 1 spiro atoms. The molecule has 0 aliphatic carbocycles. The number of anilines is 1. The van der Waals surface area contributed by atoms with Gasteiger partial charge in [-0.15, -0.1) is 11.3 Å². The van der Waals surface area contributed by atoms with Crippen molar-refractivity contribution in [3.05, 3.63) is 46.2 Å². The van der Waals surface area contributed by atoms with Crippen molar-refractivity contribution < 1.29 is 13.9 Å². The van der Waals surface area contributed by atoms with Crippen molar-refractivity contribution in [2.75, 3.05) is 31.1 Å². The smallest absolute Gasteiger partial charge is 0.253 e. The molecule has 0 N–H and O–H groups in total. The Balaban J connectivity index is 1.46. The Morgan fingerprint density at radius 2 is 2.22 bits per heavy atom. The van der Waals surface area contributed by atoms with Gasteiger partial charge in [0.15, 0.2) is 0 Å². The number of nitrogens with zero attached hydrogens (tertiary/aromatic N) is 3. The molecule has 1 unspecified atom stereocenters. The number of halogens is 1. The Bertz CT molecular complexity index is 827. The van der Waals surface area contributed by atoms with E-state index in [4.69, 9.17) is 4.74 Å². The minimum Gasteiger partial charge on any atom is -0.363 e. The van der Waals surface area contributed by atoms with Gasteiger partial charge in [0.2, 0.25) is 0 Å². The van der Waals surface area contributed by atoms with Crippen LogP contribution in [0.2, 0.25) is 0 Å². The standard InChI is InChI=1S/C20H24FN3O2S/c1-15-18(27-14-22-15)11-23-8-3-6-20(7-9-23)13-24(19(25)12-26-20)17-5-2-4-16(21)10-17/h2,4-5,10,14H,3,6-9,11-13H2,1H3. The van der Waals surface area contributed by atoms with Gasteiger partial charge in [-0.05, 0) is 50.9 Å². The van der Waals surface area contributed by atoms with Gasteiger partial charge in [-0.25, -0.2) is 9.37 Å². The van der Waals surface area contributed by atoms with Crippen LogP contribution >= 0.6 is 11.3 Å². The maximum absolute atomic E-state index is 13.6. The van der Waals surface area contributed by atoms with E-state index in [2.05, 4.69) is 16.8 Å². The topological polar surface area (TPSA) is 45.7 Å². The van der Waals surface area contributed by atoms with E-state index in [-0.39, 0.29) is 23.9 Å². The van der Waals surface area contributed by atoms with E-state index in [1.165, 1.54) is 17.0 Å². The third-order valence-electron chi connectivity index (χ3n) is 5.57. The lowest BCUT2D eigenvalue weighted by Gasteiger charge is -2.42. The molecule has 2 saturated heterocycles. The number of rotatable bonds is 3. The zero-order valence-electron chi connectivity index (χ0n) is 15.5. The molecule has 7 heteroatoms. The van der Waals surface area contributed by atoms with E-state index in [0.29, 0.717) is 12.2 Å². The number of carbonyl (C=O) groups excluding carboxylic acids is 1. The lowest BCUT2D eigenvalue weighted by molar-refractivity contribution is -0.140. The summed E-state index contributed by atoms with van der Waals surface area (Å²) >= 11 is 1.70. The summed E-state index contributed by atoms with van der Waals surface area (Å²) in [5.74, 6) is -0.430. The monoisotopic (exact) mass is 389 g/mol. The van der Waals surface area contributed by atoms with Crippen LogP contribution in [0.15, 0.2) is 29.8 Å². The number of hydrogen-bond donors (Lipinski definition) is 0. The van der Waals surface area contributed by atoms with E-state index in [0.717, 1.165) is 44.6 Å². The summed E-state index contributed by atoms with van der Waals surface area (Å²) in [7, 11) is 0. The minimum absolute atomic E-state index is 0.0600. The molecule has 2 aromatic rings. The molecule has 1 aromatic heterocycles. The molecule has 5 nitrogen and oxygen atoms in total. The number of likely N-dealkylation sites (tertiary alicyclic amines) is 1. The van der Waals surface area contributed by atoms with E-state index in [1.807, 2.05) is 5.51 Å². The summed E-state index contributed by atoms with van der Waals surface area (Å²) in [5.41, 5.74) is 3.27. The fourth-order valence-electron chi connectivity index (χ4n) is 3.96. The fraction of sp³-hybridized carbons (Fsp3) is 0.500. The quantitative estimate of drug-likeness (QED) is 0.807. The number of benzene rings is 1. The Hall–Kier alpha value is -1.83. The molecule has 1 amide bonds. The highest BCUT2D eigenvalue weighted by molar-refractivity contribution is 7.09. The maximum Gasteiger partial charge on any atom is 0.253 e. The Morgan fingerprint density at radius 3 is 3.00 bits per heavy atom. The van der Waals surface area contributed by atoms with Crippen molar-refractivity contribution >= 4 is 22.9 Å². The van der Waals surface area contributed by atoms with Gasteiger partial charge in [-0.3, -0.25) is 9.69 Å². The summed E-state index contributed by atoms with van der Waals surface area (Å²) in [6.45, 7) is 5.45. The second kappa shape index (κ2) is 7.66. The van der Waals surface area contributed by atoms with Gasteiger partial charge in [0, 0.05) is 23.7 Å². The van der Waals surface area contributed by atoms with Crippen LogP contribution in [0.3, 0.4) is 0 Å². The van der Waals surface area contributed by atoms with Gasteiger partial charge < -0.3 is 9.64 Å². The molecule has 0 saturated carbocycles. The molecule has 4 rings (SSSR count). The average Bonchev–Trinajstić information content (AvgIpc) is 2.95. The van der Waals surface area contributed by atoms with Gasteiger partial charge in [-0.2, -0.15) is 0 Å². The number of aryl methyl sites for hydroxylation is 1. The minimum atomic E-state index is -0.349. The zero-order chi connectivity index (χ0) is 18.9. The predicted molar refractivity (Wildman–Crippen MR) is 103 cm³/mol. The summed E-state index contributed by atoms with van der Waals surface area (Å²) in [6, 6.07) is 6.25. The van der Waals surface area contributed by atoms with E-state index < -0.39 is 0 Å². The molecule has 1 aromatic carbocycles. The van der Waals surface area contributed by atoms with Crippen LogP contribution in [0.1, 0.15) is 29.8 Å². The normalized spacial score (nSPS) is 24.4. The van der Waals surface area contributed by atoms with Crippen LogP contribution in [0.4, 0.5) is 10.1 Å². The molecular formula is C20H24FN3O2S. The first-order valence-electron chi connectivity index (χ1n) is 9.36. The number of aromatic nitrogens is 1. The molecule has 3 heterocycles. The number of thiazole rings is 1. The third-order valence-corrected chi connectivity index (χ3v) is 6.49.